The summed E-state index contributed by atoms with van der Waals surface area (Å²) >= 11 is 0. The fraction of sp³-hybridized carbons (Fsp3) is 0.636. The zero-order chi connectivity index (χ0) is 12.3. The highest BCUT2D eigenvalue weighted by atomic mass is 16.5. The molecule has 0 radical (unpaired) electrons. The molecule has 0 aliphatic carbocycles. The summed E-state index contributed by atoms with van der Waals surface area (Å²) in [6, 6.07) is 2.31. The van der Waals surface area contributed by atoms with E-state index in [9.17, 15) is 0 Å². The van der Waals surface area contributed by atoms with Gasteiger partial charge in [-0.05, 0) is 12.8 Å². The van der Waals surface area contributed by atoms with Gasteiger partial charge in [0.25, 0.3) is 0 Å². The van der Waals surface area contributed by atoms with Crippen LogP contribution in [-0.4, -0.2) is 43.3 Å². The summed E-state index contributed by atoms with van der Waals surface area (Å²) in [4.78, 5) is 10.6. The summed E-state index contributed by atoms with van der Waals surface area (Å²) in [5, 5.41) is 2.99. The molecule has 17 heavy (non-hydrogen) atoms. The maximum Gasteiger partial charge on any atom is 0.223 e. The molecular weight excluding hydrogens is 218 g/mol. The molecule has 6 heteroatoms. The molecule has 2 rings (SSSR count). The first-order valence-corrected chi connectivity index (χ1v) is 5.82. The molecule has 6 nitrogen and oxygen atoms in total. The maximum absolute atomic E-state index is 5.70. The highest BCUT2D eigenvalue weighted by Gasteiger charge is 2.26. The fourth-order valence-electron chi connectivity index (χ4n) is 2.23. The largest absolute Gasteiger partial charge is 0.383 e. The zero-order valence-corrected chi connectivity index (χ0v) is 10.3. The topological polar surface area (TPSA) is 76.3 Å². The molecule has 1 fully saturated rings. The van der Waals surface area contributed by atoms with Crippen molar-refractivity contribution in [3.63, 3.8) is 0 Å². The minimum absolute atomic E-state index is 0.301. The second-order valence-electron chi connectivity index (χ2n) is 4.16. The van der Waals surface area contributed by atoms with E-state index in [1.54, 1.807) is 7.11 Å². The molecule has 1 aromatic heterocycles. The molecule has 2 heterocycles. The molecule has 0 spiro atoms. The Balaban J connectivity index is 2.23. The van der Waals surface area contributed by atoms with Crippen LogP contribution >= 0.6 is 0 Å². The van der Waals surface area contributed by atoms with E-state index in [-0.39, 0.29) is 0 Å². The van der Waals surface area contributed by atoms with E-state index < -0.39 is 0 Å². The smallest absolute Gasteiger partial charge is 0.223 e. The lowest BCUT2D eigenvalue weighted by Gasteiger charge is -2.25. The highest BCUT2D eigenvalue weighted by Crippen LogP contribution is 2.26. The molecule has 3 N–H and O–H groups in total. The van der Waals surface area contributed by atoms with Crippen molar-refractivity contribution in [1.29, 1.82) is 0 Å². The van der Waals surface area contributed by atoms with Crippen molar-refractivity contribution in [2.45, 2.75) is 18.9 Å². The summed E-state index contributed by atoms with van der Waals surface area (Å²) in [5.74, 6) is 1.92. The molecule has 1 aromatic rings. The van der Waals surface area contributed by atoms with Crippen LogP contribution in [0.3, 0.4) is 0 Å². The van der Waals surface area contributed by atoms with Crippen LogP contribution < -0.4 is 16.0 Å². The number of hydrogen-bond acceptors (Lipinski definition) is 6. The Labute approximate surface area is 101 Å². The van der Waals surface area contributed by atoms with Crippen molar-refractivity contribution in [2.24, 2.45) is 0 Å². The standard InChI is InChI=1S/C11H19N5O/c1-13-9-6-10(15-11(12)14-9)16-5-3-4-8(16)7-17-2/h6,8H,3-5,7H2,1-2H3,(H3,12,13,14,15)/t8-/m0/s1. The molecule has 0 amide bonds. The summed E-state index contributed by atoms with van der Waals surface area (Å²) in [6.45, 7) is 1.71. The van der Waals surface area contributed by atoms with Gasteiger partial charge in [-0.3, -0.25) is 0 Å². The van der Waals surface area contributed by atoms with Crippen molar-refractivity contribution < 1.29 is 4.74 Å². The van der Waals surface area contributed by atoms with Gasteiger partial charge >= 0.3 is 0 Å². The first-order chi connectivity index (χ1) is 8.24. The van der Waals surface area contributed by atoms with Gasteiger partial charge in [-0.15, -0.1) is 0 Å². The van der Waals surface area contributed by atoms with Gasteiger partial charge in [0.05, 0.1) is 12.6 Å². The average molecular weight is 237 g/mol. The number of nitrogen functional groups attached to an aromatic ring is 1. The molecule has 0 saturated carbocycles. The van der Waals surface area contributed by atoms with Crippen LogP contribution in [0.15, 0.2) is 6.07 Å². The molecule has 0 aromatic carbocycles. The molecule has 94 valence electrons. The van der Waals surface area contributed by atoms with Gasteiger partial charge in [-0.2, -0.15) is 9.97 Å². The summed E-state index contributed by atoms with van der Waals surface area (Å²) in [5.41, 5.74) is 5.70. The Morgan fingerprint density at radius 2 is 2.41 bits per heavy atom. The number of nitrogens with one attached hydrogen (secondary N) is 1. The number of nitrogens with two attached hydrogens (primary N) is 1. The monoisotopic (exact) mass is 237 g/mol. The molecule has 1 aliphatic heterocycles. The Morgan fingerprint density at radius 3 is 3.12 bits per heavy atom. The number of aromatic nitrogens is 2. The SMILES string of the molecule is CNc1cc(N2CCC[C@H]2COC)nc(N)n1. The van der Waals surface area contributed by atoms with Gasteiger partial charge in [0.15, 0.2) is 0 Å². The van der Waals surface area contributed by atoms with Gasteiger partial charge in [0.1, 0.15) is 11.6 Å². The molecule has 0 bridgehead atoms. The predicted molar refractivity (Wildman–Crippen MR) is 68.2 cm³/mol. The lowest BCUT2D eigenvalue weighted by molar-refractivity contribution is 0.180. The number of rotatable bonds is 4. The number of ether oxygens (including phenoxy) is 1. The Hall–Kier alpha value is -1.56. The van der Waals surface area contributed by atoms with Crippen LogP contribution in [0.1, 0.15) is 12.8 Å². The van der Waals surface area contributed by atoms with Crippen molar-refractivity contribution >= 4 is 17.6 Å². The van der Waals surface area contributed by atoms with E-state index in [4.69, 9.17) is 10.5 Å². The van der Waals surface area contributed by atoms with Crippen molar-refractivity contribution in [1.82, 2.24) is 9.97 Å². The minimum Gasteiger partial charge on any atom is -0.383 e. The quantitative estimate of drug-likeness (QED) is 0.803. The van der Waals surface area contributed by atoms with Gasteiger partial charge in [0, 0.05) is 26.8 Å². The zero-order valence-electron chi connectivity index (χ0n) is 10.3. The second-order valence-corrected chi connectivity index (χ2v) is 4.16. The molecule has 1 aliphatic rings. The van der Waals surface area contributed by atoms with E-state index in [0.717, 1.165) is 37.6 Å². The van der Waals surface area contributed by atoms with Crippen molar-refractivity contribution in [3.05, 3.63) is 6.07 Å². The number of methoxy groups -OCH3 is 1. The van der Waals surface area contributed by atoms with Gasteiger partial charge in [-0.1, -0.05) is 0 Å². The van der Waals surface area contributed by atoms with Crippen LogP contribution in [0.25, 0.3) is 0 Å². The maximum atomic E-state index is 5.70. The van der Waals surface area contributed by atoms with E-state index in [2.05, 4.69) is 20.2 Å². The van der Waals surface area contributed by atoms with Crippen molar-refractivity contribution in [2.75, 3.05) is 43.3 Å². The normalized spacial score (nSPS) is 19.6. The lowest BCUT2D eigenvalue weighted by Crippen LogP contribution is -2.33. The van der Waals surface area contributed by atoms with Crippen LogP contribution in [0.2, 0.25) is 0 Å². The van der Waals surface area contributed by atoms with Gasteiger partial charge in [0.2, 0.25) is 5.95 Å². The highest BCUT2D eigenvalue weighted by molar-refractivity contribution is 5.53. The Morgan fingerprint density at radius 1 is 1.59 bits per heavy atom. The van der Waals surface area contributed by atoms with Gasteiger partial charge in [-0.25, -0.2) is 0 Å². The average Bonchev–Trinajstić information content (AvgIpc) is 2.77. The van der Waals surface area contributed by atoms with Gasteiger partial charge < -0.3 is 20.7 Å². The third kappa shape index (κ3) is 2.58. The molecular formula is C11H19N5O. The summed E-state index contributed by atoms with van der Waals surface area (Å²) in [6.07, 6.45) is 2.29. The molecule has 1 atom stereocenters. The van der Waals surface area contributed by atoms with E-state index >= 15 is 0 Å². The predicted octanol–water partition coefficient (Wildman–Crippen LogP) is 0.716. The van der Waals surface area contributed by atoms with Crippen molar-refractivity contribution in [3.8, 4) is 0 Å². The van der Waals surface area contributed by atoms with E-state index in [1.807, 2.05) is 13.1 Å². The van der Waals surface area contributed by atoms with Crippen LogP contribution in [0, 0.1) is 0 Å². The Kier molecular flexibility index (Phi) is 3.63. The third-order valence-electron chi connectivity index (χ3n) is 3.02. The first-order valence-electron chi connectivity index (χ1n) is 5.82. The van der Waals surface area contributed by atoms with E-state index in [0.29, 0.717) is 12.0 Å². The van der Waals surface area contributed by atoms with Crippen LogP contribution in [0.5, 0.6) is 0 Å². The summed E-state index contributed by atoms with van der Waals surface area (Å²) in [7, 11) is 3.55. The molecule has 1 saturated heterocycles. The third-order valence-corrected chi connectivity index (χ3v) is 3.02. The number of hydrogen-bond donors (Lipinski definition) is 2. The lowest BCUT2D eigenvalue weighted by atomic mass is 10.2. The van der Waals surface area contributed by atoms with Crippen LogP contribution in [0.4, 0.5) is 17.6 Å². The first kappa shape index (κ1) is 11.9. The number of nitrogens with zero attached hydrogens (tertiary/aromatic N) is 3. The minimum atomic E-state index is 0.301. The Bertz CT molecular complexity index is 384. The second kappa shape index (κ2) is 5.18. The van der Waals surface area contributed by atoms with Crippen LogP contribution in [-0.2, 0) is 4.74 Å². The fourth-order valence-corrected chi connectivity index (χ4v) is 2.23. The number of anilines is 3. The summed E-state index contributed by atoms with van der Waals surface area (Å²) < 4.78 is 5.23. The molecule has 0 unspecified atom stereocenters. The van der Waals surface area contributed by atoms with E-state index in [1.165, 1.54) is 0 Å².